The van der Waals surface area contributed by atoms with Crippen LogP contribution in [0.15, 0.2) is 109 Å². The number of Topliss-reactive ketones (excluding diaryl/α,β-unsaturated/α-hetero) is 1. The Hall–Kier alpha value is -3.98. The summed E-state index contributed by atoms with van der Waals surface area (Å²) >= 11 is 0. The van der Waals surface area contributed by atoms with Gasteiger partial charge in [0.05, 0.1) is 0 Å². The van der Waals surface area contributed by atoms with Crippen LogP contribution in [0.25, 0.3) is 21.5 Å². The van der Waals surface area contributed by atoms with Crippen molar-refractivity contribution in [2.75, 3.05) is 5.32 Å². The summed E-state index contributed by atoms with van der Waals surface area (Å²) in [5.74, 6) is -0.392. The molecule has 0 heterocycles. The van der Waals surface area contributed by atoms with Crippen LogP contribution in [0.2, 0.25) is 0 Å². The molecule has 0 bridgehead atoms. The molecule has 0 aromatic heterocycles. The van der Waals surface area contributed by atoms with Crippen LogP contribution < -0.4 is 5.32 Å². The van der Waals surface area contributed by atoms with Gasteiger partial charge in [-0.15, -0.1) is 0 Å². The van der Waals surface area contributed by atoms with Gasteiger partial charge in [0.1, 0.15) is 11.9 Å². The third kappa shape index (κ3) is 3.78. The number of rotatable bonds is 5. The zero-order valence-corrected chi connectivity index (χ0v) is 16.8. The number of ketones is 1. The van der Waals surface area contributed by atoms with Crippen molar-refractivity contribution in [2.24, 2.45) is 0 Å². The second-order valence-corrected chi connectivity index (χ2v) is 7.58. The number of halogens is 1. The molecule has 5 aromatic carbocycles. The molecule has 1 unspecified atom stereocenters. The van der Waals surface area contributed by atoms with Crippen molar-refractivity contribution >= 4 is 33.0 Å². The average molecular weight is 405 g/mol. The topological polar surface area (TPSA) is 29.1 Å². The molecule has 0 aliphatic heterocycles. The highest BCUT2D eigenvalue weighted by Gasteiger charge is 2.23. The van der Waals surface area contributed by atoms with E-state index in [0.29, 0.717) is 11.1 Å². The quantitative estimate of drug-likeness (QED) is 0.314. The summed E-state index contributed by atoms with van der Waals surface area (Å²) in [5.41, 5.74) is 2.19. The minimum Gasteiger partial charge on any atom is -0.371 e. The van der Waals surface area contributed by atoms with Crippen molar-refractivity contribution in [3.8, 4) is 0 Å². The molecule has 0 fully saturated rings. The summed E-state index contributed by atoms with van der Waals surface area (Å²) in [5, 5.41) is 7.64. The summed E-state index contributed by atoms with van der Waals surface area (Å²) in [4.78, 5) is 13.7. The van der Waals surface area contributed by atoms with Crippen LogP contribution >= 0.6 is 0 Å². The fourth-order valence-corrected chi connectivity index (χ4v) is 3.97. The lowest BCUT2D eigenvalue weighted by Crippen LogP contribution is -2.21. The molecule has 5 aromatic rings. The van der Waals surface area contributed by atoms with Gasteiger partial charge in [-0.1, -0.05) is 84.9 Å². The minimum atomic E-state index is -0.646. The number of fused-ring (bicyclic) bond motifs is 2. The summed E-state index contributed by atoms with van der Waals surface area (Å²) in [6, 6.07) is 33.2. The molecule has 150 valence electrons. The van der Waals surface area contributed by atoms with Gasteiger partial charge in [-0.3, -0.25) is 4.79 Å². The average Bonchev–Trinajstić information content (AvgIpc) is 2.82. The van der Waals surface area contributed by atoms with E-state index in [-0.39, 0.29) is 11.6 Å². The fraction of sp³-hybridized carbons (Fsp3) is 0.0357. The van der Waals surface area contributed by atoms with Gasteiger partial charge >= 0.3 is 0 Å². The number of benzene rings is 5. The first-order valence-electron chi connectivity index (χ1n) is 10.2. The number of hydrogen-bond donors (Lipinski definition) is 1. The number of carbonyl (C=O) groups is 1. The van der Waals surface area contributed by atoms with Gasteiger partial charge in [0.15, 0.2) is 5.78 Å². The van der Waals surface area contributed by atoms with E-state index in [9.17, 15) is 9.18 Å². The molecule has 1 atom stereocenters. The first-order valence-corrected chi connectivity index (χ1v) is 10.2. The van der Waals surface area contributed by atoms with Crippen LogP contribution in [0.4, 0.5) is 10.1 Å². The maximum Gasteiger partial charge on any atom is 0.189 e. The number of carbonyl (C=O) groups excluding carboxylic acids is 1. The van der Waals surface area contributed by atoms with Crippen LogP contribution in [0.5, 0.6) is 0 Å². The lowest BCUT2D eigenvalue weighted by molar-refractivity contribution is 0.0969. The highest BCUT2D eigenvalue weighted by Crippen LogP contribution is 2.30. The van der Waals surface area contributed by atoms with Crippen LogP contribution in [-0.2, 0) is 0 Å². The molecule has 31 heavy (non-hydrogen) atoms. The maximum atomic E-state index is 13.7. The third-order valence-corrected chi connectivity index (χ3v) is 5.59. The molecular weight excluding hydrogens is 385 g/mol. The van der Waals surface area contributed by atoms with Crippen molar-refractivity contribution in [3.05, 3.63) is 126 Å². The molecule has 0 aliphatic rings. The van der Waals surface area contributed by atoms with Gasteiger partial charge in [0, 0.05) is 16.6 Å². The van der Waals surface area contributed by atoms with Crippen LogP contribution in [0.1, 0.15) is 22.0 Å². The molecule has 5 rings (SSSR count). The molecule has 0 radical (unpaired) electrons. The van der Waals surface area contributed by atoms with Gasteiger partial charge in [0.25, 0.3) is 0 Å². The number of anilines is 1. The molecule has 2 nitrogen and oxygen atoms in total. The zero-order valence-electron chi connectivity index (χ0n) is 16.8. The smallest absolute Gasteiger partial charge is 0.189 e. The van der Waals surface area contributed by atoms with Crippen molar-refractivity contribution in [3.63, 3.8) is 0 Å². The molecule has 0 amide bonds. The highest BCUT2D eigenvalue weighted by atomic mass is 19.1. The standard InChI is InChI=1S/C28H20FNO/c29-24-16-14-21(15-17-24)27(30-26-11-5-9-20-7-3-4-10-25(20)26)28(31)23-13-12-19-6-1-2-8-22(19)18-23/h1-18,27,30H. The molecule has 3 heteroatoms. The van der Waals surface area contributed by atoms with Gasteiger partial charge < -0.3 is 5.32 Å². The van der Waals surface area contributed by atoms with E-state index < -0.39 is 6.04 Å². The fourth-order valence-electron chi connectivity index (χ4n) is 3.97. The summed E-state index contributed by atoms with van der Waals surface area (Å²) in [6.45, 7) is 0. The Labute approximate surface area is 180 Å². The lowest BCUT2D eigenvalue weighted by atomic mass is 9.95. The summed E-state index contributed by atoms with van der Waals surface area (Å²) in [7, 11) is 0. The van der Waals surface area contributed by atoms with Gasteiger partial charge in [-0.05, 0) is 46.0 Å². The van der Waals surface area contributed by atoms with Crippen molar-refractivity contribution in [2.45, 2.75) is 6.04 Å². The van der Waals surface area contributed by atoms with Crippen LogP contribution in [-0.4, -0.2) is 5.78 Å². The van der Waals surface area contributed by atoms with E-state index in [2.05, 4.69) is 5.32 Å². The maximum absolute atomic E-state index is 13.7. The largest absolute Gasteiger partial charge is 0.371 e. The first kappa shape index (κ1) is 19.0. The second-order valence-electron chi connectivity index (χ2n) is 7.58. The zero-order chi connectivity index (χ0) is 21.2. The summed E-state index contributed by atoms with van der Waals surface area (Å²) < 4.78 is 13.6. The SMILES string of the molecule is O=C(c1ccc2ccccc2c1)C(Nc1cccc2ccccc12)c1ccc(F)cc1. The Kier molecular flexibility index (Phi) is 4.93. The third-order valence-electron chi connectivity index (χ3n) is 5.59. The molecule has 0 saturated carbocycles. The van der Waals surface area contributed by atoms with E-state index in [1.54, 1.807) is 12.1 Å². The van der Waals surface area contributed by atoms with Crippen LogP contribution in [0.3, 0.4) is 0 Å². The Morgan fingerprint density at radius 1 is 0.677 bits per heavy atom. The van der Waals surface area contributed by atoms with E-state index in [4.69, 9.17) is 0 Å². The van der Waals surface area contributed by atoms with E-state index in [1.165, 1.54) is 12.1 Å². The molecule has 0 aliphatic carbocycles. The summed E-state index contributed by atoms with van der Waals surface area (Å²) in [6.07, 6.45) is 0. The van der Waals surface area contributed by atoms with E-state index >= 15 is 0 Å². The van der Waals surface area contributed by atoms with Crippen molar-refractivity contribution < 1.29 is 9.18 Å². The normalized spacial score (nSPS) is 12.0. The predicted octanol–water partition coefficient (Wildman–Crippen LogP) is 7.17. The molecule has 0 saturated heterocycles. The second kappa shape index (κ2) is 8.04. The Balaban J connectivity index is 1.59. The molecule has 1 N–H and O–H groups in total. The van der Waals surface area contributed by atoms with E-state index in [0.717, 1.165) is 27.2 Å². The van der Waals surface area contributed by atoms with Gasteiger partial charge in [-0.2, -0.15) is 0 Å². The Morgan fingerprint density at radius 3 is 2.16 bits per heavy atom. The van der Waals surface area contributed by atoms with Gasteiger partial charge in [-0.25, -0.2) is 4.39 Å². The van der Waals surface area contributed by atoms with E-state index in [1.807, 2.05) is 84.9 Å². The minimum absolute atomic E-state index is 0.0645. The van der Waals surface area contributed by atoms with Crippen molar-refractivity contribution in [1.82, 2.24) is 0 Å². The predicted molar refractivity (Wildman–Crippen MR) is 125 cm³/mol. The molecule has 0 spiro atoms. The van der Waals surface area contributed by atoms with Crippen LogP contribution in [0, 0.1) is 5.82 Å². The first-order chi connectivity index (χ1) is 15.2. The number of hydrogen-bond acceptors (Lipinski definition) is 2. The van der Waals surface area contributed by atoms with Crippen molar-refractivity contribution in [1.29, 1.82) is 0 Å². The van der Waals surface area contributed by atoms with Gasteiger partial charge in [0.2, 0.25) is 0 Å². The Morgan fingerprint density at radius 2 is 1.35 bits per heavy atom. The molecular formula is C28H20FNO. The monoisotopic (exact) mass is 405 g/mol. The Bertz CT molecular complexity index is 1390. The number of nitrogens with one attached hydrogen (secondary N) is 1. The highest BCUT2D eigenvalue weighted by molar-refractivity contribution is 6.06. The lowest BCUT2D eigenvalue weighted by Gasteiger charge is -2.21.